The lowest BCUT2D eigenvalue weighted by molar-refractivity contribution is -0.201. The minimum absolute atomic E-state index is 0.0183. The van der Waals surface area contributed by atoms with E-state index in [9.17, 15) is 78.3 Å². The quantitative estimate of drug-likeness (QED) is 0.00646. The molecule has 8 aliphatic heterocycles. The van der Waals surface area contributed by atoms with E-state index in [0.717, 1.165) is 76.3 Å². The number of carbonyl (C=O) groups is 11. The van der Waals surface area contributed by atoms with Crippen LogP contribution in [0.2, 0.25) is 32.2 Å². The SMILES string of the molecule is CC[C@]1(O)C[C@H]2CN(CCc3c([nH]c4ccccc34)[C@@](C)(c3cc4c(cc3OC)N(C)[C@H]3[C@@](O)(CCC(=O)c5ccc([Si](C)(C)O[Si](C)(C)CC(NC(=O)CCC(=O)NCc6ccc(CN7C(=O)[C@H]8CC(=O)N[C@@H](CCCN=C(N)N)C(=O)NCC(=O)N[C@@H](CC(=O)O)C(=O)NC[C@H]7C(=O)N8)cc6)C(=O)O)cc5)[C@H](O)[C@]5(CC)C=CCN6CC[C@]43[C@H]65)C2)C1.O=C=O. The van der Waals surface area contributed by atoms with Gasteiger partial charge in [-0.3, -0.25) is 67.5 Å². The van der Waals surface area contributed by atoms with Gasteiger partial charge in [0.2, 0.25) is 55.6 Å². The molecule has 4 aromatic carbocycles. The number of ether oxygens (including phenoxy) is 1. The molecule has 35 nitrogen and oxygen atoms in total. The number of likely N-dealkylation sites (N-methyl/N-ethyl adjacent to an activating group) is 1. The molecule has 126 heavy (non-hydrogen) atoms. The number of carboxylic acid groups (broad SMARTS) is 2. The summed E-state index contributed by atoms with van der Waals surface area (Å²) >= 11 is 0. The number of anilines is 1. The number of methoxy groups -OCH3 is 1. The first-order valence-electron chi connectivity index (χ1n) is 43.2. The van der Waals surface area contributed by atoms with Crippen molar-refractivity contribution in [2.45, 2.75) is 226 Å². The highest BCUT2D eigenvalue weighted by Crippen LogP contribution is 2.68. The molecule has 1 aliphatic carbocycles. The number of nitrogens with zero attached hydrogens (tertiary/aromatic N) is 5. The minimum atomic E-state index is -2.96. The van der Waals surface area contributed by atoms with Gasteiger partial charge in [0.05, 0.1) is 44.2 Å². The van der Waals surface area contributed by atoms with Gasteiger partial charge in [0, 0.05) is 140 Å². The van der Waals surface area contributed by atoms with Crippen LogP contribution in [0.1, 0.15) is 148 Å². The second-order valence-electron chi connectivity index (χ2n) is 36.4. The van der Waals surface area contributed by atoms with E-state index in [-0.39, 0.29) is 94.1 Å². The Morgan fingerprint density at radius 3 is 2.17 bits per heavy atom. The third-order valence-corrected chi connectivity index (χ3v) is 34.6. The smallest absolute Gasteiger partial charge is 0.373 e. The fraction of sp³-hybridized carbons (Fsp3) is 0.539. The molecule has 1 aromatic heterocycles. The van der Waals surface area contributed by atoms with Gasteiger partial charge in [0.15, 0.2) is 20.1 Å². The number of carboxylic acids is 2. The zero-order chi connectivity index (χ0) is 91.3. The summed E-state index contributed by atoms with van der Waals surface area (Å²) in [4.78, 5) is 180. The average Bonchev–Trinajstić information content (AvgIpc) is 1.48. The van der Waals surface area contributed by atoms with Gasteiger partial charge in [-0.25, -0.2) is 0 Å². The predicted octanol–water partition coefficient (Wildman–Crippen LogP) is 1.80. The Morgan fingerprint density at radius 2 is 1.49 bits per heavy atom. The van der Waals surface area contributed by atoms with Crippen molar-refractivity contribution in [3.63, 3.8) is 0 Å². The zero-order valence-electron chi connectivity index (χ0n) is 72.9. The Labute approximate surface area is 733 Å². The number of Topliss-reactive ketones (excluding diaryl/α,β-unsaturated/α-hetero) is 1. The lowest BCUT2D eigenvalue weighted by Crippen LogP contribution is -2.78. The number of piperidine rings is 1. The number of nitrogens with one attached hydrogen (secondary N) is 8. The number of hydrogen-bond acceptors (Lipinski definition) is 22. The van der Waals surface area contributed by atoms with Gasteiger partial charge in [-0.15, -0.1) is 0 Å². The molecule has 2 unspecified atom stereocenters. The number of guanidine groups is 1. The molecule has 6 fully saturated rings. The normalized spacial score (nSPS) is 28.1. The molecule has 5 saturated heterocycles. The summed E-state index contributed by atoms with van der Waals surface area (Å²) in [5.74, 6) is -8.63. The highest BCUT2D eigenvalue weighted by atomic mass is 28.4. The number of aliphatic hydroxyl groups is 3. The van der Waals surface area contributed by atoms with E-state index >= 15 is 0 Å². The molecule has 9 heterocycles. The minimum Gasteiger partial charge on any atom is -0.496 e. The van der Waals surface area contributed by atoms with Crippen LogP contribution < -0.4 is 63.5 Å². The molecule has 15 atom stereocenters. The summed E-state index contributed by atoms with van der Waals surface area (Å²) in [6.45, 7) is 16.5. The summed E-state index contributed by atoms with van der Waals surface area (Å²) in [5.41, 5.74) is 14.0. The number of aromatic amines is 1. The number of amides is 8. The summed E-state index contributed by atoms with van der Waals surface area (Å²) < 4.78 is 13.5. The first kappa shape index (κ1) is 94.1. The first-order valence-corrected chi connectivity index (χ1v) is 49.3. The average molecular weight is 1780 g/mol. The molecule has 1 spiro atoms. The maximum Gasteiger partial charge on any atom is 0.373 e. The molecule has 8 amide bonds. The zero-order valence-corrected chi connectivity index (χ0v) is 74.9. The maximum absolute atomic E-state index is 14.9. The van der Waals surface area contributed by atoms with Crippen LogP contribution in [0.3, 0.4) is 0 Å². The van der Waals surface area contributed by atoms with E-state index in [2.05, 4.69) is 131 Å². The topological polar surface area (TPSA) is 519 Å². The summed E-state index contributed by atoms with van der Waals surface area (Å²) in [7, 11) is -2.11. The number of rotatable bonds is 28. The van der Waals surface area contributed by atoms with Gasteiger partial charge < -0.3 is 97.9 Å². The lowest BCUT2D eigenvalue weighted by atomic mass is 9.47. The van der Waals surface area contributed by atoms with Crippen molar-refractivity contribution < 1.29 is 96.7 Å². The Hall–Kier alpha value is -11.0. The van der Waals surface area contributed by atoms with Crippen LogP contribution in [0, 0.1) is 11.3 Å². The number of nitrogens with two attached hydrogens (primary N) is 2. The van der Waals surface area contributed by atoms with E-state index in [4.69, 9.17) is 29.9 Å². The van der Waals surface area contributed by atoms with Gasteiger partial charge >= 0.3 is 18.1 Å². The second-order valence-corrected chi connectivity index (χ2v) is 44.8. The van der Waals surface area contributed by atoms with Crippen LogP contribution in [0.4, 0.5) is 5.69 Å². The molecule has 1 saturated carbocycles. The van der Waals surface area contributed by atoms with E-state index < -0.39 is 172 Å². The third-order valence-electron chi connectivity index (χ3n) is 27.2. The number of fused-ring (bicyclic) bond motifs is 20. The number of aliphatic hydroxyl groups excluding tert-OH is 1. The van der Waals surface area contributed by atoms with Crippen molar-refractivity contribution in [2.24, 2.45) is 27.8 Å². The Bertz CT molecular complexity index is 5100. The summed E-state index contributed by atoms with van der Waals surface area (Å²) in [5, 5.41) is 79.1. The van der Waals surface area contributed by atoms with Crippen molar-refractivity contribution in [2.75, 3.05) is 71.4 Å². The number of hydrogen-bond donors (Lipinski definition) is 15. The van der Waals surface area contributed by atoms with E-state index in [0.29, 0.717) is 55.5 Å². The second kappa shape index (κ2) is 38.3. The molecule has 9 aliphatic rings. The Balaban J connectivity index is 0.00000474. The van der Waals surface area contributed by atoms with E-state index in [1.807, 2.05) is 45.4 Å². The largest absolute Gasteiger partial charge is 0.496 e. The highest BCUT2D eigenvalue weighted by molar-refractivity contribution is 6.92. The lowest BCUT2D eigenvalue weighted by Gasteiger charge is -2.64. The van der Waals surface area contributed by atoms with Crippen molar-refractivity contribution >= 4 is 116 Å². The number of aliphatic imine (C=N–C) groups is 1. The van der Waals surface area contributed by atoms with Crippen molar-refractivity contribution in [3.8, 4) is 5.75 Å². The van der Waals surface area contributed by atoms with Crippen molar-refractivity contribution in [1.82, 2.24) is 56.9 Å². The van der Waals surface area contributed by atoms with Crippen LogP contribution in [0.5, 0.6) is 5.75 Å². The number of aliphatic carboxylic acids is 2. The van der Waals surface area contributed by atoms with Gasteiger partial charge in [-0.05, 0) is 149 Å². The first-order chi connectivity index (χ1) is 59.7. The fourth-order valence-electron chi connectivity index (χ4n) is 21.6. The number of carbonyl (C=O) groups excluding carboxylic acids is 11. The molecular weight excluding hydrogens is 1660 g/mol. The predicted molar refractivity (Wildman–Crippen MR) is 468 cm³/mol. The van der Waals surface area contributed by atoms with Crippen LogP contribution in [-0.2, 0) is 92.0 Å². The van der Waals surface area contributed by atoms with Crippen molar-refractivity contribution in [3.05, 3.63) is 136 Å². The van der Waals surface area contributed by atoms with E-state index in [1.165, 1.54) is 10.9 Å². The summed E-state index contributed by atoms with van der Waals surface area (Å²) in [6.07, 6.45) is 5.25. The molecular formula is C89H119N15O20Si2. The molecule has 4 bridgehead atoms. The van der Waals surface area contributed by atoms with Gasteiger partial charge in [-0.1, -0.05) is 92.7 Å². The third kappa shape index (κ3) is 19.6. The van der Waals surface area contributed by atoms with Gasteiger partial charge in [0.1, 0.15) is 41.6 Å². The molecule has 17 N–H and O–H groups in total. The van der Waals surface area contributed by atoms with Crippen molar-refractivity contribution in [1.29, 1.82) is 0 Å². The molecule has 5 aromatic rings. The van der Waals surface area contributed by atoms with Gasteiger partial charge in [-0.2, -0.15) is 9.59 Å². The summed E-state index contributed by atoms with van der Waals surface area (Å²) in [6, 6.07) is 18.8. The number of para-hydroxylation sites is 1. The Kier molecular flexibility index (Phi) is 28.6. The molecule has 14 rings (SSSR count). The van der Waals surface area contributed by atoms with Crippen LogP contribution >= 0.6 is 0 Å². The number of ketones is 1. The molecule has 37 heteroatoms. The van der Waals surface area contributed by atoms with Crippen LogP contribution in [0.15, 0.2) is 102 Å². The number of piperazine rings is 1. The number of H-pyrrole nitrogens is 1. The van der Waals surface area contributed by atoms with Crippen LogP contribution in [-0.4, -0.2) is 265 Å². The van der Waals surface area contributed by atoms with Gasteiger partial charge in [0.25, 0.3) is 0 Å². The number of benzene rings is 4. The molecule has 0 radical (unpaired) electrons. The monoisotopic (exact) mass is 1770 g/mol. The maximum atomic E-state index is 14.9. The fourth-order valence-corrected chi connectivity index (χ4v) is 30.2. The van der Waals surface area contributed by atoms with E-state index in [1.54, 1.807) is 43.5 Å². The van der Waals surface area contributed by atoms with Crippen LogP contribution in [0.25, 0.3) is 10.9 Å². The Morgan fingerprint density at radius 1 is 0.802 bits per heavy atom. The standard InChI is InChI=1S/C88H119N15O18Si2.CO2/c1-10-85(118)43-53-42-84(3,74-57(30-36-101(47-53)50-85)56-16-12-13-17-60(56)98-74)59-38-58-65(41-68(59)120-5)100(4)81-87(58)33-37-102-35-15-31-86(11-2,80(87)102)82(117)88(81,119)32-29-67(104)54-23-25-55(26-24-54)123(8,9)121-122(6,7)49-64(79(115)116)97-70(106)28-27-69(105)92-44-51-19-21-52(22-20-51)48-103-66-45-93-76(112)62(40-73(109)110)96-72(108)46-94-75(111)61(18-14-34-91-83(89)90)95-71(107)39-63(78(103)114)99-77(66)113;2-1-3/h12-13,15-17,19-26,31,38,41,53,61-64,66,80-82,98,117-119H,10-11,14,18,27-30,32-37,39-40,42-50H2,1-9H3,(H,92,105)(H,93,112)(H,94,111)(H,95,107)(H,96,108)(H,97,106)(H,99,113)(H,109,110)(H,115,116)(H4,89,90,91);/t53-,61-,62-,63+,64?,66-,80+,81+,82+,84+,85-,86+,87+,88-;/m0./s1. The highest BCUT2D eigenvalue weighted by Gasteiger charge is 2.76. The molecule has 678 valence electrons. The number of aromatic nitrogens is 1.